The number of hydrogen-bond acceptors (Lipinski definition) is 7. The number of methoxy groups -OCH3 is 1. The SMILES string of the molecule is COC(=O)[C@@H](NC(C)(C)C)C(=O)CCC(=O)[C@H](NC(C)(C)C)C(=O)O. The Balaban J connectivity index is 4.99. The molecule has 0 bridgehead atoms. The van der Waals surface area contributed by atoms with Crippen molar-refractivity contribution in [2.24, 2.45) is 0 Å². The van der Waals surface area contributed by atoms with Crippen LogP contribution in [0.4, 0.5) is 0 Å². The smallest absolute Gasteiger partial charge is 0.330 e. The number of ketones is 2. The third-order valence-electron chi connectivity index (χ3n) is 3.10. The van der Waals surface area contributed by atoms with Crippen molar-refractivity contribution in [3.63, 3.8) is 0 Å². The van der Waals surface area contributed by atoms with Crippen LogP contribution in [-0.4, -0.2) is 58.9 Å². The van der Waals surface area contributed by atoms with E-state index in [4.69, 9.17) is 0 Å². The Labute approximate surface area is 148 Å². The number of ether oxygens (including phenoxy) is 1. The summed E-state index contributed by atoms with van der Waals surface area (Å²) in [5.41, 5.74) is -1.10. The zero-order chi connectivity index (χ0) is 20.0. The van der Waals surface area contributed by atoms with E-state index in [0.29, 0.717) is 0 Å². The Hall–Kier alpha value is -1.80. The van der Waals surface area contributed by atoms with Crippen LogP contribution in [0.5, 0.6) is 0 Å². The number of carbonyl (C=O) groups is 4. The maximum atomic E-state index is 12.3. The monoisotopic (exact) mass is 358 g/mol. The highest BCUT2D eigenvalue weighted by molar-refractivity contribution is 6.07. The van der Waals surface area contributed by atoms with Crippen LogP contribution in [0.1, 0.15) is 54.4 Å². The minimum Gasteiger partial charge on any atom is -0.480 e. The highest BCUT2D eigenvalue weighted by atomic mass is 16.5. The number of nitrogens with one attached hydrogen (secondary N) is 2. The van der Waals surface area contributed by atoms with Gasteiger partial charge in [0.2, 0.25) is 0 Å². The number of rotatable bonds is 9. The average molecular weight is 358 g/mol. The van der Waals surface area contributed by atoms with Crippen LogP contribution < -0.4 is 10.6 Å². The summed E-state index contributed by atoms with van der Waals surface area (Å²) in [5.74, 6) is -3.18. The second kappa shape index (κ2) is 9.05. The number of aliphatic carboxylic acids is 1. The Morgan fingerprint density at radius 2 is 1.20 bits per heavy atom. The van der Waals surface area contributed by atoms with Crippen LogP contribution in [-0.2, 0) is 23.9 Å². The third kappa shape index (κ3) is 9.31. The van der Waals surface area contributed by atoms with Crippen LogP contribution in [0.25, 0.3) is 0 Å². The van der Waals surface area contributed by atoms with Crippen LogP contribution in [0.3, 0.4) is 0 Å². The van der Waals surface area contributed by atoms with E-state index in [0.717, 1.165) is 0 Å². The predicted octanol–water partition coefficient (Wildman–Crippen LogP) is 0.676. The lowest BCUT2D eigenvalue weighted by molar-refractivity contribution is -0.149. The molecule has 8 nitrogen and oxygen atoms in total. The molecule has 0 aliphatic rings. The maximum absolute atomic E-state index is 12.3. The number of carbonyl (C=O) groups excluding carboxylic acids is 3. The zero-order valence-electron chi connectivity index (χ0n) is 16.1. The Kier molecular flexibility index (Phi) is 8.40. The van der Waals surface area contributed by atoms with Gasteiger partial charge < -0.3 is 9.84 Å². The van der Waals surface area contributed by atoms with Crippen LogP contribution in [0, 0.1) is 0 Å². The molecule has 0 aromatic heterocycles. The minimum absolute atomic E-state index is 0.253. The van der Waals surface area contributed by atoms with Crippen molar-refractivity contribution >= 4 is 23.5 Å². The fourth-order valence-corrected chi connectivity index (χ4v) is 2.07. The van der Waals surface area contributed by atoms with Crippen molar-refractivity contribution in [1.29, 1.82) is 0 Å². The molecule has 0 saturated carbocycles. The lowest BCUT2D eigenvalue weighted by atomic mass is 9.98. The van der Waals surface area contributed by atoms with Gasteiger partial charge in [-0.05, 0) is 41.5 Å². The molecule has 0 aromatic rings. The topological polar surface area (TPSA) is 122 Å². The molecule has 25 heavy (non-hydrogen) atoms. The van der Waals surface area contributed by atoms with E-state index in [9.17, 15) is 24.3 Å². The second-order valence-corrected chi connectivity index (χ2v) is 7.95. The second-order valence-electron chi connectivity index (χ2n) is 7.95. The zero-order valence-corrected chi connectivity index (χ0v) is 16.1. The predicted molar refractivity (Wildman–Crippen MR) is 92.3 cm³/mol. The molecular weight excluding hydrogens is 328 g/mol. The van der Waals surface area contributed by atoms with Gasteiger partial charge >= 0.3 is 11.9 Å². The normalized spacial score (nSPS) is 14.5. The highest BCUT2D eigenvalue weighted by Crippen LogP contribution is 2.09. The summed E-state index contributed by atoms with van der Waals surface area (Å²) in [7, 11) is 1.17. The molecule has 3 N–H and O–H groups in total. The van der Waals surface area contributed by atoms with E-state index in [1.54, 1.807) is 41.5 Å². The van der Waals surface area contributed by atoms with Crippen molar-refractivity contribution in [3.05, 3.63) is 0 Å². The Morgan fingerprint density at radius 3 is 1.52 bits per heavy atom. The molecular formula is C17H30N2O6. The molecule has 0 saturated heterocycles. The van der Waals surface area contributed by atoms with Crippen molar-refractivity contribution < 1.29 is 29.0 Å². The van der Waals surface area contributed by atoms with Gasteiger partial charge in [0.1, 0.15) is 0 Å². The molecule has 2 atom stereocenters. The van der Waals surface area contributed by atoms with E-state index in [1.807, 2.05) is 0 Å². The van der Waals surface area contributed by atoms with E-state index in [1.165, 1.54) is 7.11 Å². The van der Waals surface area contributed by atoms with Crippen molar-refractivity contribution in [3.8, 4) is 0 Å². The van der Waals surface area contributed by atoms with Crippen molar-refractivity contribution in [2.45, 2.75) is 77.5 Å². The lowest BCUT2D eigenvalue weighted by Gasteiger charge is -2.27. The van der Waals surface area contributed by atoms with Gasteiger partial charge in [0.25, 0.3) is 0 Å². The summed E-state index contributed by atoms with van der Waals surface area (Å²) in [4.78, 5) is 47.6. The van der Waals surface area contributed by atoms with E-state index in [-0.39, 0.29) is 12.8 Å². The Morgan fingerprint density at radius 1 is 0.840 bits per heavy atom. The Bertz CT molecular complexity index is 516. The van der Waals surface area contributed by atoms with Crippen LogP contribution in [0.2, 0.25) is 0 Å². The molecule has 0 aliphatic heterocycles. The fraction of sp³-hybridized carbons (Fsp3) is 0.765. The maximum Gasteiger partial charge on any atom is 0.330 e. The summed E-state index contributed by atoms with van der Waals surface area (Å²) in [5, 5.41) is 14.8. The molecule has 144 valence electrons. The van der Waals surface area contributed by atoms with Crippen LogP contribution in [0.15, 0.2) is 0 Å². The summed E-state index contributed by atoms with van der Waals surface area (Å²) in [6.45, 7) is 10.6. The van der Waals surface area contributed by atoms with Gasteiger partial charge in [-0.15, -0.1) is 0 Å². The molecule has 0 rings (SSSR count). The van der Waals surface area contributed by atoms with Crippen LogP contribution >= 0.6 is 0 Å². The number of hydrogen-bond donors (Lipinski definition) is 3. The first kappa shape index (κ1) is 23.2. The molecule has 0 amide bonds. The van der Waals surface area contributed by atoms with Gasteiger partial charge in [-0.25, -0.2) is 4.79 Å². The quantitative estimate of drug-likeness (QED) is 0.406. The molecule has 0 spiro atoms. The highest BCUT2D eigenvalue weighted by Gasteiger charge is 2.33. The minimum atomic E-state index is -1.40. The first-order chi connectivity index (χ1) is 11.2. The number of esters is 1. The van der Waals surface area contributed by atoms with Gasteiger partial charge in [0.15, 0.2) is 23.7 Å². The fourth-order valence-electron chi connectivity index (χ4n) is 2.07. The summed E-state index contributed by atoms with van der Waals surface area (Å²) >= 11 is 0. The largest absolute Gasteiger partial charge is 0.480 e. The van der Waals surface area contributed by atoms with E-state index >= 15 is 0 Å². The number of carboxylic acids is 1. The summed E-state index contributed by atoms with van der Waals surface area (Å²) in [6.07, 6.45) is -0.532. The molecule has 0 heterocycles. The molecule has 0 radical (unpaired) electrons. The van der Waals surface area contributed by atoms with Gasteiger partial charge in [-0.3, -0.25) is 25.0 Å². The molecule has 0 fully saturated rings. The molecule has 0 unspecified atom stereocenters. The standard InChI is InChI=1S/C17H30N2O6/c1-16(2,3)18-12(14(22)23)10(20)8-9-11(21)13(15(24)25-7)19-17(4,5)6/h12-13,18-19H,8-9H2,1-7H3,(H,22,23)/t12-,13-/m0/s1. The van der Waals surface area contributed by atoms with Crippen molar-refractivity contribution in [1.82, 2.24) is 10.6 Å². The number of carboxylic acid groups (broad SMARTS) is 1. The first-order valence-corrected chi connectivity index (χ1v) is 8.09. The molecule has 0 aromatic carbocycles. The van der Waals surface area contributed by atoms with E-state index in [2.05, 4.69) is 15.4 Å². The van der Waals surface area contributed by atoms with Gasteiger partial charge in [0.05, 0.1) is 7.11 Å². The van der Waals surface area contributed by atoms with Gasteiger partial charge in [-0.1, -0.05) is 0 Å². The average Bonchev–Trinajstić information content (AvgIpc) is 2.44. The van der Waals surface area contributed by atoms with Crippen molar-refractivity contribution in [2.75, 3.05) is 7.11 Å². The lowest BCUT2D eigenvalue weighted by Crippen LogP contribution is -2.53. The summed E-state index contributed by atoms with van der Waals surface area (Å²) < 4.78 is 4.62. The van der Waals surface area contributed by atoms with Gasteiger partial charge in [-0.2, -0.15) is 0 Å². The first-order valence-electron chi connectivity index (χ1n) is 8.09. The molecule has 0 aliphatic carbocycles. The van der Waals surface area contributed by atoms with Gasteiger partial charge in [0, 0.05) is 23.9 Å². The third-order valence-corrected chi connectivity index (χ3v) is 3.10. The van der Waals surface area contributed by atoms with E-state index < -0.39 is 46.7 Å². The number of Topliss-reactive ketones (excluding diaryl/α,β-unsaturated/α-hetero) is 2. The summed E-state index contributed by atoms with van der Waals surface area (Å²) in [6, 6.07) is -2.60. The molecule has 8 heteroatoms.